The number of azo groups is 1. The number of hydrogen-bond donors (Lipinski definition) is 1. The highest BCUT2D eigenvalue weighted by Crippen LogP contribution is 2.38. The molecule has 0 amide bonds. The van der Waals surface area contributed by atoms with Gasteiger partial charge in [0.25, 0.3) is 0 Å². The number of fused-ring (bicyclic) bond motifs is 1. The summed E-state index contributed by atoms with van der Waals surface area (Å²) in [5, 5.41) is 21.9. The van der Waals surface area contributed by atoms with E-state index in [9.17, 15) is 5.11 Å². The van der Waals surface area contributed by atoms with E-state index in [0.29, 0.717) is 32.8 Å². The first kappa shape index (κ1) is 20.0. The number of benzene rings is 3. The van der Waals surface area contributed by atoms with E-state index in [1.54, 1.807) is 36.7 Å². The molecule has 4 aromatic rings. The first-order chi connectivity index (χ1) is 14.5. The molecule has 3 aromatic carbocycles. The van der Waals surface area contributed by atoms with Crippen molar-refractivity contribution in [1.29, 1.82) is 0 Å². The van der Waals surface area contributed by atoms with Gasteiger partial charge in [0.1, 0.15) is 11.4 Å². The quantitative estimate of drug-likeness (QED) is 0.263. The van der Waals surface area contributed by atoms with E-state index >= 15 is 0 Å². The van der Waals surface area contributed by atoms with Crippen molar-refractivity contribution in [3.05, 3.63) is 88.0 Å². The molecule has 0 aliphatic heterocycles. The zero-order valence-corrected chi connectivity index (χ0v) is 17.4. The van der Waals surface area contributed by atoms with E-state index in [-0.39, 0.29) is 5.75 Å². The molecule has 0 aliphatic rings. The SMILES string of the molecule is Cc1ccnc(N=Cc2c(O)c(N=Nc3cc(Cl)ccc3Cl)cc3ccccc23)c1. The lowest BCUT2D eigenvalue weighted by molar-refractivity contribution is 0.476. The minimum atomic E-state index is -0.0352. The Morgan fingerprint density at radius 2 is 1.73 bits per heavy atom. The highest BCUT2D eigenvalue weighted by molar-refractivity contribution is 6.35. The number of phenols is 1. The molecule has 1 N–H and O–H groups in total. The predicted molar refractivity (Wildman–Crippen MR) is 122 cm³/mol. The number of aryl methyl sites for hydroxylation is 1. The summed E-state index contributed by atoms with van der Waals surface area (Å²) in [5.41, 5.74) is 2.29. The molecule has 0 saturated heterocycles. The highest BCUT2D eigenvalue weighted by Gasteiger charge is 2.12. The van der Waals surface area contributed by atoms with Gasteiger partial charge in [-0.3, -0.25) is 0 Å². The topological polar surface area (TPSA) is 70.2 Å². The van der Waals surface area contributed by atoms with E-state index in [2.05, 4.69) is 20.2 Å². The number of halogens is 2. The molecule has 1 heterocycles. The van der Waals surface area contributed by atoms with Gasteiger partial charge in [-0.15, -0.1) is 10.2 Å². The number of pyridine rings is 1. The molecule has 0 atom stereocenters. The van der Waals surface area contributed by atoms with Gasteiger partial charge < -0.3 is 5.11 Å². The van der Waals surface area contributed by atoms with Crippen molar-refractivity contribution < 1.29 is 5.11 Å². The fraction of sp³-hybridized carbons (Fsp3) is 0.0435. The Morgan fingerprint density at radius 3 is 2.57 bits per heavy atom. The second-order valence-corrected chi connectivity index (χ2v) is 7.47. The summed E-state index contributed by atoms with van der Waals surface area (Å²) in [7, 11) is 0. The van der Waals surface area contributed by atoms with Crippen LogP contribution in [0.1, 0.15) is 11.1 Å². The smallest absolute Gasteiger partial charge is 0.152 e. The van der Waals surface area contributed by atoms with Crippen LogP contribution in [0.5, 0.6) is 5.75 Å². The summed E-state index contributed by atoms with van der Waals surface area (Å²) in [5.74, 6) is 0.517. The van der Waals surface area contributed by atoms with Crippen LogP contribution in [0.3, 0.4) is 0 Å². The van der Waals surface area contributed by atoms with Crippen LogP contribution in [0.2, 0.25) is 10.0 Å². The minimum absolute atomic E-state index is 0.0352. The molecule has 0 spiro atoms. The minimum Gasteiger partial charge on any atom is -0.505 e. The molecule has 0 radical (unpaired) electrons. The summed E-state index contributed by atoms with van der Waals surface area (Å²) < 4.78 is 0. The number of hydrogen-bond acceptors (Lipinski definition) is 5. The second kappa shape index (κ2) is 8.61. The lowest BCUT2D eigenvalue weighted by Gasteiger charge is -2.08. The Morgan fingerprint density at radius 1 is 0.933 bits per heavy atom. The molecule has 0 unspecified atom stereocenters. The number of aromatic nitrogens is 1. The maximum atomic E-state index is 10.9. The van der Waals surface area contributed by atoms with Crippen molar-refractivity contribution in [2.24, 2.45) is 15.2 Å². The van der Waals surface area contributed by atoms with Crippen LogP contribution < -0.4 is 0 Å². The van der Waals surface area contributed by atoms with Gasteiger partial charge >= 0.3 is 0 Å². The first-order valence-corrected chi connectivity index (χ1v) is 9.85. The van der Waals surface area contributed by atoms with Crippen molar-refractivity contribution in [1.82, 2.24) is 4.98 Å². The fourth-order valence-corrected chi connectivity index (χ4v) is 3.27. The second-order valence-electron chi connectivity index (χ2n) is 6.62. The van der Waals surface area contributed by atoms with E-state index < -0.39 is 0 Å². The third-order valence-electron chi connectivity index (χ3n) is 4.44. The molecule has 1 aromatic heterocycles. The monoisotopic (exact) mass is 434 g/mol. The number of phenolic OH excluding ortho intramolecular Hbond substituents is 1. The van der Waals surface area contributed by atoms with Crippen molar-refractivity contribution in [3.8, 4) is 5.75 Å². The fourth-order valence-electron chi connectivity index (χ4n) is 2.95. The Bertz CT molecular complexity index is 1300. The Balaban J connectivity index is 1.81. The van der Waals surface area contributed by atoms with Crippen LogP contribution in [0, 0.1) is 6.92 Å². The number of aliphatic imine (C=N–C) groups is 1. The molecule has 0 aliphatic carbocycles. The third kappa shape index (κ3) is 4.32. The molecule has 30 heavy (non-hydrogen) atoms. The Kier molecular flexibility index (Phi) is 5.74. The largest absolute Gasteiger partial charge is 0.505 e. The maximum absolute atomic E-state index is 10.9. The Labute approximate surface area is 183 Å². The van der Waals surface area contributed by atoms with Crippen LogP contribution in [0.4, 0.5) is 17.2 Å². The summed E-state index contributed by atoms with van der Waals surface area (Å²) in [6.45, 7) is 1.97. The van der Waals surface area contributed by atoms with Gasteiger partial charge in [0.05, 0.1) is 5.02 Å². The predicted octanol–water partition coefficient (Wildman–Crippen LogP) is 7.72. The molecule has 148 valence electrons. The van der Waals surface area contributed by atoms with Crippen molar-refractivity contribution in [3.63, 3.8) is 0 Å². The van der Waals surface area contributed by atoms with Gasteiger partial charge in [-0.1, -0.05) is 47.5 Å². The zero-order chi connectivity index (χ0) is 21.1. The summed E-state index contributed by atoms with van der Waals surface area (Å²) >= 11 is 12.2. The van der Waals surface area contributed by atoms with Crippen molar-refractivity contribution in [2.45, 2.75) is 6.92 Å². The van der Waals surface area contributed by atoms with Crippen molar-refractivity contribution in [2.75, 3.05) is 0 Å². The Hall–Kier alpha value is -3.28. The van der Waals surface area contributed by atoms with E-state index in [4.69, 9.17) is 23.2 Å². The zero-order valence-electron chi connectivity index (χ0n) is 15.9. The molecule has 4 rings (SSSR count). The summed E-state index contributed by atoms with van der Waals surface area (Å²) in [4.78, 5) is 8.66. The lowest BCUT2D eigenvalue weighted by Crippen LogP contribution is -1.88. The maximum Gasteiger partial charge on any atom is 0.152 e. The van der Waals surface area contributed by atoms with E-state index in [0.717, 1.165) is 16.3 Å². The van der Waals surface area contributed by atoms with Crippen LogP contribution in [0.25, 0.3) is 10.8 Å². The summed E-state index contributed by atoms with van der Waals surface area (Å²) in [6.07, 6.45) is 3.28. The molecule has 0 saturated carbocycles. The summed E-state index contributed by atoms with van der Waals surface area (Å²) in [6, 6.07) is 18.1. The molecule has 5 nitrogen and oxygen atoms in total. The normalized spacial score (nSPS) is 11.7. The van der Waals surface area contributed by atoms with Gasteiger partial charge in [0.15, 0.2) is 11.6 Å². The molecule has 0 bridgehead atoms. The van der Waals surface area contributed by atoms with Gasteiger partial charge in [0, 0.05) is 23.0 Å². The van der Waals surface area contributed by atoms with Gasteiger partial charge in [-0.2, -0.15) is 0 Å². The number of rotatable bonds is 4. The lowest BCUT2D eigenvalue weighted by atomic mass is 10.0. The number of nitrogens with zero attached hydrogens (tertiary/aromatic N) is 4. The van der Waals surface area contributed by atoms with Crippen LogP contribution >= 0.6 is 23.2 Å². The molecular weight excluding hydrogens is 419 g/mol. The molecule has 0 fully saturated rings. The molecular formula is C23H16Cl2N4O. The van der Waals surface area contributed by atoms with E-state index in [1.165, 1.54) is 0 Å². The first-order valence-electron chi connectivity index (χ1n) is 9.09. The molecule has 7 heteroatoms. The van der Waals surface area contributed by atoms with Crippen LogP contribution in [-0.2, 0) is 0 Å². The van der Waals surface area contributed by atoms with Gasteiger partial charge in [0.2, 0.25) is 0 Å². The van der Waals surface area contributed by atoms with Gasteiger partial charge in [-0.05, 0) is 59.7 Å². The van der Waals surface area contributed by atoms with Crippen LogP contribution in [-0.4, -0.2) is 16.3 Å². The van der Waals surface area contributed by atoms with E-state index in [1.807, 2.05) is 43.3 Å². The highest BCUT2D eigenvalue weighted by atomic mass is 35.5. The number of aromatic hydroxyl groups is 1. The van der Waals surface area contributed by atoms with Gasteiger partial charge in [-0.25, -0.2) is 9.98 Å². The average Bonchev–Trinajstić information content (AvgIpc) is 2.74. The third-order valence-corrected chi connectivity index (χ3v) is 5.00. The van der Waals surface area contributed by atoms with Crippen LogP contribution in [0.15, 0.2) is 82.1 Å². The average molecular weight is 435 g/mol. The standard InChI is InChI=1S/C23H16Cl2N4O/c1-14-8-9-26-22(10-14)27-13-18-17-5-3-2-4-15(17)11-21(23(18)30)29-28-20-12-16(24)6-7-19(20)25/h2-13,30H,1H3. The van der Waals surface area contributed by atoms with Crippen molar-refractivity contribution >= 4 is 57.4 Å².